The van der Waals surface area contributed by atoms with Gasteiger partial charge in [-0.3, -0.25) is 4.79 Å². The van der Waals surface area contributed by atoms with Crippen LogP contribution >= 0.6 is 15.9 Å². The molecular weight excluding hydrogens is 282 g/mol. The van der Waals surface area contributed by atoms with Crippen molar-refractivity contribution in [1.82, 2.24) is 5.32 Å². The average molecular weight is 298 g/mol. The van der Waals surface area contributed by atoms with Crippen molar-refractivity contribution in [3.05, 3.63) is 34.3 Å². The number of nitrogens with one attached hydrogen (secondary N) is 1. The van der Waals surface area contributed by atoms with Crippen LogP contribution in [0.1, 0.15) is 25.3 Å². The number of aliphatic hydroxyl groups is 1. The van der Waals surface area contributed by atoms with Crippen LogP contribution < -0.4 is 5.32 Å². The zero-order chi connectivity index (χ0) is 12.5. The van der Waals surface area contributed by atoms with Gasteiger partial charge >= 0.3 is 0 Å². The van der Waals surface area contributed by atoms with Crippen molar-refractivity contribution >= 4 is 21.8 Å². The first-order valence-electron chi connectivity index (χ1n) is 5.75. The number of carbonyl (C=O) groups is 1. The fraction of sp³-hybridized carbons (Fsp3) is 0.462. The minimum atomic E-state index is -1.02. The predicted octanol–water partition coefficient (Wildman–Crippen LogP) is 2.18. The first-order chi connectivity index (χ1) is 7.99. The lowest BCUT2D eigenvalue weighted by molar-refractivity contribution is -0.123. The molecule has 17 heavy (non-hydrogen) atoms. The third-order valence-electron chi connectivity index (χ3n) is 3.02. The summed E-state index contributed by atoms with van der Waals surface area (Å²) in [6.45, 7) is 1.97. The van der Waals surface area contributed by atoms with Crippen LogP contribution in [0.5, 0.6) is 0 Å². The summed E-state index contributed by atoms with van der Waals surface area (Å²) in [5.74, 6) is 0.234. The van der Waals surface area contributed by atoms with E-state index in [2.05, 4.69) is 21.2 Å². The normalized spacial score (nSPS) is 18.5. The van der Waals surface area contributed by atoms with Gasteiger partial charge in [0.2, 0.25) is 5.91 Å². The van der Waals surface area contributed by atoms with Crippen LogP contribution in [0, 0.1) is 5.92 Å². The second kappa shape index (κ2) is 4.78. The Morgan fingerprint density at radius 1 is 1.47 bits per heavy atom. The van der Waals surface area contributed by atoms with Crippen LogP contribution in [0.15, 0.2) is 28.7 Å². The number of amides is 1. The topological polar surface area (TPSA) is 49.3 Å². The molecule has 0 saturated heterocycles. The molecule has 1 fully saturated rings. The Morgan fingerprint density at radius 2 is 2.06 bits per heavy atom. The molecule has 1 unspecified atom stereocenters. The van der Waals surface area contributed by atoms with Gasteiger partial charge in [0.15, 0.2) is 0 Å². The Morgan fingerprint density at radius 3 is 2.59 bits per heavy atom. The summed E-state index contributed by atoms with van der Waals surface area (Å²) < 4.78 is 0.971. The lowest BCUT2D eigenvalue weighted by atomic mass is 9.96. The molecule has 92 valence electrons. The van der Waals surface area contributed by atoms with E-state index in [0.717, 1.165) is 22.9 Å². The van der Waals surface area contributed by atoms with Crippen molar-refractivity contribution in [3.8, 4) is 0 Å². The summed E-state index contributed by atoms with van der Waals surface area (Å²) >= 11 is 3.35. The fourth-order valence-corrected chi connectivity index (χ4v) is 1.92. The van der Waals surface area contributed by atoms with Crippen LogP contribution in [0.2, 0.25) is 0 Å². The third-order valence-corrected chi connectivity index (χ3v) is 3.55. The molecule has 0 bridgehead atoms. The second-order valence-electron chi connectivity index (χ2n) is 4.77. The Kier molecular flexibility index (Phi) is 3.54. The van der Waals surface area contributed by atoms with E-state index in [1.807, 2.05) is 24.3 Å². The van der Waals surface area contributed by atoms with Gasteiger partial charge in [0, 0.05) is 10.4 Å². The quantitative estimate of drug-likeness (QED) is 0.895. The molecule has 1 aliphatic carbocycles. The fourth-order valence-electron chi connectivity index (χ4n) is 1.66. The smallest absolute Gasteiger partial charge is 0.223 e. The molecule has 1 atom stereocenters. The van der Waals surface area contributed by atoms with E-state index < -0.39 is 5.60 Å². The molecule has 1 amide bonds. The molecule has 0 aliphatic heterocycles. The van der Waals surface area contributed by atoms with Crippen molar-refractivity contribution in [2.45, 2.75) is 25.4 Å². The molecule has 0 heterocycles. The van der Waals surface area contributed by atoms with Crippen molar-refractivity contribution in [2.24, 2.45) is 5.92 Å². The van der Waals surface area contributed by atoms with Crippen molar-refractivity contribution in [1.29, 1.82) is 0 Å². The van der Waals surface area contributed by atoms with Crippen LogP contribution in [-0.2, 0) is 10.4 Å². The highest BCUT2D eigenvalue weighted by Crippen LogP contribution is 2.29. The zero-order valence-electron chi connectivity index (χ0n) is 9.74. The monoisotopic (exact) mass is 297 g/mol. The second-order valence-corrected chi connectivity index (χ2v) is 5.69. The maximum atomic E-state index is 11.5. The maximum absolute atomic E-state index is 11.5. The molecule has 0 aromatic heterocycles. The van der Waals surface area contributed by atoms with Crippen molar-refractivity contribution in [3.63, 3.8) is 0 Å². The Labute approximate surface area is 109 Å². The molecule has 2 N–H and O–H groups in total. The maximum Gasteiger partial charge on any atom is 0.223 e. The van der Waals surface area contributed by atoms with Crippen LogP contribution in [-0.4, -0.2) is 17.6 Å². The van der Waals surface area contributed by atoms with E-state index in [9.17, 15) is 9.90 Å². The van der Waals surface area contributed by atoms with Gasteiger partial charge in [-0.2, -0.15) is 0 Å². The Balaban J connectivity index is 1.97. The van der Waals surface area contributed by atoms with E-state index in [-0.39, 0.29) is 18.4 Å². The number of hydrogen-bond acceptors (Lipinski definition) is 2. The molecule has 3 nitrogen and oxygen atoms in total. The highest BCUT2D eigenvalue weighted by molar-refractivity contribution is 9.10. The van der Waals surface area contributed by atoms with Gasteiger partial charge in [-0.05, 0) is 37.5 Å². The average Bonchev–Trinajstić information content (AvgIpc) is 3.10. The minimum absolute atomic E-state index is 0.0578. The van der Waals surface area contributed by atoms with Gasteiger partial charge in [-0.25, -0.2) is 0 Å². The number of halogens is 1. The molecular formula is C13H16BrNO2. The molecule has 0 radical (unpaired) electrons. The van der Waals surface area contributed by atoms with E-state index in [1.54, 1.807) is 6.92 Å². The van der Waals surface area contributed by atoms with Gasteiger partial charge in [0.1, 0.15) is 5.60 Å². The number of hydrogen-bond donors (Lipinski definition) is 2. The van der Waals surface area contributed by atoms with Gasteiger partial charge in [-0.15, -0.1) is 0 Å². The van der Waals surface area contributed by atoms with Gasteiger partial charge in [0.25, 0.3) is 0 Å². The van der Waals surface area contributed by atoms with Gasteiger partial charge in [-0.1, -0.05) is 28.1 Å². The Hall–Kier alpha value is -0.870. The highest BCUT2D eigenvalue weighted by atomic mass is 79.9. The summed E-state index contributed by atoms with van der Waals surface area (Å²) in [4.78, 5) is 11.5. The summed E-state index contributed by atoms with van der Waals surface area (Å²) in [5, 5.41) is 13.1. The molecule has 0 spiro atoms. The summed E-state index contributed by atoms with van der Waals surface area (Å²) in [6, 6.07) is 7.47. The predicted molar refractivity (Wildman–Crippen MR) is 69.4 cm³/mol. The zero-order valence-corrected chi connectivity index (χ0v) is 11.3. The number of benzene rings is 1. The molecule has 2 rings (SSSR count). The summed E-state index contributed by atoms with van der Waals surface area (Å²) in [7, 11) is 0. The van der Waals surface area contributed by atoms with Crippen molar-refractivity contribution < 1.29 is 9.90 Å². The van der Waals surface area contributed by atoms with Crippen LogP contribution in [0.25, 0.3) is 0 Å². The SMILES string of the molecule is CC(O)(CNC(=O)C1CC1)c1ccc(Br)cc1. The summed E-state index contributed by atoms with van der Waals surface area (Å²) in [5.41, 5.74) is -0.220. The van der Waals surface area contributed by atoms with Gasteiger partial charge in [0.05, 0.1) is 6.54 Å². The van der Waals surface area contributed by atoms with Crippen LogP contribution in [0.4, 0.5) is 0 Å². The molecule has 1 aromatic carbocycles. The lowest BCUT2D eigenvalue weighted by Gasteiger charge is -2.24. The standard InChI is InChI=1S/C13H16BrNO2/c1-13(17,8-15-12(16)9-2-3-9)10-4-6-11(14)7-5-10/h4-7,9,17H,2-3,8H2,1H3,(H,15,16). The van der Waals surface area contributed by atoms with E-state index >= 15 is 0 Å². The minimum Gasteiger partial charge on any atom is -0.384 e. The van der Waals surface area contributed by atoms with E-state index in [4.69, 9.17) is 0 Å². The van der Waals surface area contributed by atoms with Gasteiger partial charge < -0.3 is 10.4 Å². The van der Waals surface area contributed by atoms with Crippen LogP contribution in [0.3, 0.4) is 0 Å². The molecule has 4 heteroatoms. The molecule has 1 aliphatic rings. The van der Waals surface area contributed by atoms with Crippen molar-refractivity contribution in [2.75, 3.05) is 6.54 Å². The first-order valence-corrected chi connectivity index (χ1v) is 6.54. The van der Waals surface area contributed by atoms with E-state index in [1.165, 1.54) is 0 Å². The first kappa shape index (κ1) is 12.6. The highest BCUT2D eigenvalue weighted by Gasteiger charge is 2.31. The summed E-state index contributed by atoms with van der Waals surface area (Å²) in [6.07, 6.45) is 1.96. The molecule has 1 saturated carbocycles. The Bertz CT molecular complexity index is 410. The third kappa shape index (κ3) is 3.30. The number of carbonyl (C=O) groups excluding carboxylic acids is 1. The lowest BCUT2D eigenvalue weighted by Crippen LogP contribution is -2.39. The largest absolute Gasteiger partial charge is 0.384 e. The van der Waals surface area contributed by atoms with E-state index in [0.29, 0.717) is 0 Å². The molecule has 1 aromatic rings. The number of rotatable bonds is 4.